The molecule has 0 aliphatic rings. The molecule has 1 N–H and O–H groups in total. The average molecular weight is 279 g/mol. The molecule has 1 aromatic rings. The molecule has 5 nitrogen and oxygen atoms in total. The number of rotatable bonds is 6. The highest BCUT2D eigenvalue weighted by molar-refractivity contribution is 5.84. The van der Waals surface area contributed by atoms with E-state index in [4.69, 9.17) is 4.74 Å². The summed E-state index contributed by atoms with van der Waals surface area (Å²) in [5.74, 6) is -0.819. The second kappa shape index (κ2) is 7.65. The van der Waals surface area contributed by atoms with E-state index in [1.807, 2.05) is 26.0 Å². The SMILES string of the molecule is COC(=O)[C@@H](C)NC(=O)COCc1ccc(C)cc1C. The summed E-state index contributed by atoms with van der Waals surface area (Å²) in [6.45, 7) is 5.87. The number of hydrogen-bond acceptors (Lipinski definition) is 4. The fourth-order valence-corrected chi connectivity index (χ4v) is 1.78. The zero-order chi connectivity index (χ0) is 15.1. The maximum absolute atomic E-state index is 11.6. The van der Waals surface area contributed by atoms with Crippen LogP contribution in [0.15, 0.2) is 18.2 Å². The van der Waals surface area contributed by atoms with Gasteiger partial charge in [0.05, 0.1) is 13.7 Å². The van der Waals surface area contributed by atoms with E-state index >= 15 is 0 Å². The smallest absolute Gasteiger partial charge is 0.328 e. The number of ether oxygens (including phenoxy) is 2. The molecule has 0 aromatic heterocycles. The largest absolute Gasteiger partial charge is 0.467 e. The fourth-order valence-electron chi connectivity index (χ4n) is 1.78. The van der Waals surface area contributed by atoms with Gasteiger partial charge >= 0.3 is 5.97 Å². The predicted octanol–water partition coefficient (Wildman–Crippen LogP) is 1.50. The lowest BCUT2D eigenvalue weighted by Gasteiger charge is -2.12. The van der Waals surface area contributed by atoms with Crippen molar-refractivity contribution in [1.29, 1.82) is 0 Å². The Hall–Kier alpha value is -1.88. The topological polar surface area (TPSA) is 64.6 Å². The molecule has 1 amide bonds. The predicted molar refractivity (Wildman–Crippen MR) is 75.2 cm³/mol. The zero-order valence-corrected chi connectivity index (χ0v) is 12.4. The van der Waals surface area contributed by atoms with Crippen LogP contribution in [-0.2, 0) is 25.7 Å². The van der Waals surface area contributed by atoms with Crippen molar-refractivity contribution in [3.8, 4) is 0 Å². The van der Waals surface area contributed by atoms with Crippen molar-refractivity contribution < 1.29 is 19.1 Å². The van der Waals surface area contributed by atoms with Gasteiger partial charge in [0.15, 0.2) is 0 Å². The Morgan fingerprint density at radius 1 is 1.30 bits per heavy atom. The summed E-state index contributed by atoms with van der Waals surface area (Å²) in [6, 6.07) is 5.39. The van der Waals surface area contributed by atoms with E-state index in [2.05, 4.69) is 16.1 Å². The molecule has 0 aliphatic heterocycles. The minimum absolute atomic E-state index is 0.0886. The van der Waals surface area contributed by atoms with Gasteiger partial charge in [-0.1, -0.05) is 23.8 Å². The number of hydrogen-bond donors (Lipinski definition) is 1. The first-order chi connectivity index (χ1) is 9.43. The molecule has 0 fully saturated rings. The first-order valence-corrected chi connectivity index (χ1v) is 6.45. The normalized spacial score (nSPS) is 11.8. The monoisotopic (exact) mass is 279 g/mol. The van der Waals surface area contributed by atoms with Gasteiger partial charge in [0.1, 0.15) is 12.6 Å². The second-order valence-corrected chi connectivity index (χ2v) is 4.74. The van der Waals surface area contributed by atoms with Crippen molar-refractivity contribution in [2.24, 2.45) is 0 Å². The molecule has 0 bridgehead atoms. The molecule has 0 unspecified atom stereocenters. The summed E-state index contributed by atoms with van der Waals surface area (Å²) in [7, 11) is 1.28. The highest BCUT2D eigenvalue weighted by Gasteiger charge is 2.15. The number of carbonyl (C=O) groups is 2. The first kappa shape index (κ1) is 16.2. The van der Waals surface area contributed by atoms with E-state index in [1.54, 1.807) is 6.92 Å². The van der Waals surface area contributed by atoms with Crippen molar-refractivity contribution in [1.82, 2.24) is 5.32 Å². The van der Waals surface area contributed by atoms with Gasteiger partial charge in [-0.25, -0.2) is 4.79 Å². The zero-order valence-electron chi connectivity index (χ0n) is 12.4. The van der Waals surface area contributed by atoms with Crippen molar-refractivity contribution in [3.05, 3.63) is 34.9 Å². The first-order valence-electron chi connectivity index (χ1n) is 6.45. The molecule has 0 heterocycles. The lowest BCUT2D eigenvalue weighted by atomic mass is 10.1. The number of esters is 1. The van der Waals surface area contributed by atoms with E-state index in [0.717, 1.165) is 11.1 Å². The average Bonchev–Trinajstić information content (AvgIpc) is 2.40. The minimum Gasteiger partial charge on any atom is -0.467 e. The summed E-state index contributed by atoms with van der Waals surface area (Å²) in [4.78, 5) is 22.7. The summed E-state index contributed by atoms with van der Waals surface area (Å²) in [6.07, 6.45) is 0. The van der Waals surface area contributed by atoms with Gasteiger partial charge in [-0.3, -0.25) is 4.79 Å². The van der Waals surface area contributed by atoms with Gasteiger partial charge in [-0.05, 0) is 31.9 Å². The van der Waals surface area contributed by atoms with E-state index in [9.17, 15) is 9.59 Å². The van der Waals surface area contributed by atoms with Crippen LogP contribution in [0.2, 0.25) is 0 Å². The van der Waals surface area contributed by atoms with Crippen molar-refractivity contribution in [3.63, 3.8) is 0 Å². The Morgan fingerprint density at radius 3 is 2.60 bits per heavy atom. The molecule has 1 atom stereocenters. The standard InChI is InChI=1S/C15H21NO4/c1-10-5-6-13(11(2)7-10)8-20-9-14(17)16-12(3)15(18)19-4/h5-7,12H,8-9H2,1-4H3,(H,16,17)/t12-/m1/s1. The van der Waals surface area contributed by atoms with Gasteiger partial charge in [-0.15, -0.1) is 0 Å². The van der Waals surface area contributed by atoms with Crippen molar-refractivity contribution in [2.45, 2.75) is 33.4 Å². The summed E-state index contributed by atoms with van der Waals surface area (Å²) in [5.41, 5.74) is 3.37. The lowest BCUT2D eigenvalue weighted by molar-refractivity contribution is -0.145. The summed E-state index contributed by atoms with van der Waals surface area (Å²) < 4.78 is 9.87. The molecular weight excluding hydrogens is 258 g/mol. The van der Waals surface area contributed by atoms with Crippen molar-refractivity contribution in [2.75, 3.05) is 13.7 Å². The number of nitrogens with one attached hydrogen (secondary N) is 1. The Kier molecular flexibility index (Phi) is 6.18. The quantitative estimate of drug-likeness (QED) is 0.801. The third-order valence-electron chi connectivity index (χ3n) is 2.92. The third-order valence-corrected chi connectivity index (χ3v) is 2.92. The number of aryl methyl sites for hydroxylation is 2. The Balaban J connectivity index is 2.37. The number of carbonyl (C=O) groups excluding carboxylic acids is 2. The van der Waals surface area contributed by atoms with Crippen LogP contribution in [0.1, 0.15) is 23.6 Å². The van der Waals surface area contributed by atoms with Crippen LogP contribution < -0.4 is 5.32 Å². The van der Waals surface area contributed by atoms with Crippen LogP contribution in [0.4, 0.5) is 0 Å². The maximum Gasteiger partial charge on any atom is 0.328 e. The van der Waals surface area contributed by atoms with Gasteiger partial charge in [0.25, 0.3) is 0 Å². The molecule has 110 valence electrons. The Morgan fingerprint density at radius 2 is 2.00 bits per heavy atom. The summed E-state index contributed by atoms with van der Waals surface area (Å²) >= 11 is 0. The third kappa shape index (κ3) is 5.01. The molecule has 0 saturated carbocycles. The Labute approximate surface area is 119 Å². The fraction of sp³-hybridized carbons (Fsp3) is 0.467. The molecule has 20 heavy (non-hydrogen) atoms. The molecule has 1 rings (SSSR count). The lowest BCUT2D eigenvalue weighted by Crippen LogP contribution is -2.40. The summed E-state index contributed by atoms with van der Waals surface area (Å²) in [5, 5.41) is 2.50. The number of methoxy groups -OCH3 is 1. The second-order valence-electron chi connectivity index (χ2n) is 4.74. The highest BCUT2D eigenvalue weighted by Crippen LogP contribution is 2.11. The number of amides is 1. The van der Waals surface area contributed by atoms with E-state index < -0.39 is 12.0 Å². The molecule has 0 radical (unpaired) electrons. The maximum atomic E-state index is 11.6. The minimum atomic E-state index is -0.669. The molecule has 0 spiro atoms. The van der Waals surface area contributed by atoms with E-state index in [1.165, 1.54) is 12.7 Å². The van der Waals surface area contributed by atoms with Crippen LogP contribution in [0.3, 0.4) is 0 Å². The van der Waals surface area contributed by atoms with Gasteiger partial charge < -0.3 is 14.8 Å². The van der Waals surface area contributed by atoms with Gasteiger partial charge in [0.2, 0.25) is 5.91 Å². The Bertz CT molecular complexity index is 485. The number of benzene rings is 1. The van der Waals surface area contributed by atoms with Crippen LogP contribution >= 0.6 is 0 Å². The molecule has 5 heteroatoms. The highest BCUT2D eigenvalue weighted by atomic mass is 16.5. The van der Waals surface area contributed by atoms with Crippen LogP contribution in [0.5, 0.6) is 0 Å². The van der Waals surface area contributed by atoms with Crippen LogP contribution in [0, 0.1) is 13.8 Å². The van der Waals surface area contributed by atoms with E-state index in [0.29, 0.717) is 6.61 Å². The van der Waals surface area contributed by atoms with Crippen LogP contribution in [0.25, 0.3) is 0 Å². The van der Waals surface area contributed by atoms with E-state index in [-0.39, 0.29) is 12.5 Å². The van der Waals surface area contributed by atoms with Gasteiger partial charge in [0, 0.05) is 0 Å². The van der Waals surface area contributed by atoms with Crippen molar-refractivity contribution >= 4 is 11.9 Å². The van der Waals surface area contributed by atoms with Gasteiger partial charge in [-0.2, -0.15) is 0 Å². The molecule has 1 aromatic carbocycles. The molecular formula is C15H21NO4. The van der Waals surface area contributed by atoms with Crippen LogP contribution in [-0.4, -0.2) is 31.6 Å². The molecule has 0 saturated heterocycles. The molecule has 0 aliphatic carbocycles.